The minimum absolute atomic E-state index is 0.145. The number of hydrogen-bond donors (Lipinski definition) is 1. The van der Waals surface area contributed by atoms with Crippen LogP contribution in [0, 0.1) is 0 Å². The lowest BCUT2D eigenvalue weighted by Gasteiger charge is -2.40. The lowest BCUT2D eigenvalue weighted by atomic mass is 9.64. The summed E-state index contributed by atoms with van der Waals surface area (Å²) in [6.07, 6.45) is 0. The van der Waals surface area contributed by atoms with Gasteiger partial charge in [0.1, 0.15) is 0 Å². The molecule has 2 aromatic rings. The van der Waals surface area contributed by atoms with E-state index in [0.29, 0.717) is 5.56 Å². The van der Waals surface area contributed by atoms with Gasteiger partial charge >= 0.3 is 5.97 Å². The molecule has 0 radical (unpaired) electrons. The van der Waals surface area contributed by atoms with Gasteiger partial charge in [0.2, 0.25) is 0 Å². The van der Waals surface area contributed by atoms with E-state index in [1.165, 1.54) is 11.1 Å². The number of rotatable bonds is 1. The van der Waals surface area contributed by atoms with Gasteiger partial charge in [0, 0.05) is 0 Å². The van der Waals surface area contributed by atoms with Crippen molar-refractivity contribution < 1.29 is 14.9 Å². The van der Waals surface area contributed by atoms with E-state index in [9.17, 15) is 4.79 Å². The summed E-state index contributed by atoms with van der Waals surface area (Å²) in [5.74, 6) is -0.736. The van der Waals surface area contributed by atoms with Gasteiger partial charge in [-0.1, -0.05) is 113 Å². The summed E-state index contributed by atoms with van der Waals surface area (Å²) in [5.41, 5.74) is 7.07. The molecular weight excluding hydrogens is 396 g/mol. The molecule has 3 nitrogen and oxygen atoms in total. The first-order chi connectivity index (χ1) is 14.3. The van der Waals surface area contributed by atoms with E-state index >= 15 is 0 Å². The van der Waals surface area contributed by atoms with E-state index in [4.69, 9.17) is 5.26 Å². The third kappa shape index (κ3) is 7.20. The first-order valence-corrected chi connectivity index (χ1v) is 11.4. The summed E-state index contributed by atoms with van der Waals surface area (Å²) in [6, 6.07) is 13.0. The van der Waals surface area contributed by atoms with Crippen molar-refractivity contribution in [3.63, 3.8) is 0 Å². The molecule has 178 valence electrons. The molecule has 2 rings (SSSR count). The largest absolute Gasteiger partial charge is 0.372 e. The number of carbonyl (C=O) groups excluding carboxylic acids is 1. The van der Waals surface area contributed by atoms with Crippen molar-refractivity contribution in [2.75, 3.05) is 0 Å². The highest BCUT2D eigenvalue weighted by Gasteiger charge is 2.35. The van der Waals surface area contributed by atoms with Crippen molar-refractivity contribution in [2.45, 2.75) is 105 Å². The third-order valence-corrected chi connectivity index (χ3v) is 5.41. The second-order valence-corrected chi connectivity index (χ2v) is 12.7. The summed E-state index contributed by atoms with van der Waals surface area (Å²) in [7, 11) is 0. The van der Waals surface area contributed by atoms with Gasteiger partial charge in [-0.2, -0.15) is 5.26 Å². The van der Waals surface area contributed by atoms with Crippen molar-refractivity contribution in [3.05, 3.63) is 70.3 Å². The standard InChI is InChI=1S/C22H38.C7H6O3/c1-19(2,3)15-13-14-16(20(4,5)6)18(22(10,11)12)17(15)21(7,8)9;8-7(10-9)6-4-2-1-3-5-6/h13-14H,1-12H3;1-5,9H. The van der Waals surface area contributed by atoms with Crippen LogP contribution in [0.4, 0.5) is 0 Å². The third-order valence-electron chi connectivity index (χ3n) is 5.41. The van der Waals surface area contributed by atoms with Gasteiger partial charge in [0.15, 0.2) is 0 Å². The Morgan fingerprint density at radius 2 is 0.938 bits per heavy atom. The Balaban J connectivity index is 0.000000425. The van der Waals surface area contributed by atoms with Crippen LogP contribution in [-0.4, -0.2) is 11.2 Å². The van der Waals surface area contributed by atoms with Gasteiger partial charge in [0.25, 0.3) is 0 Å². The highest BCUT2D eigenvalue weighted by molar-refractivity contribution is 5.88. The molecule has 3 heteroatoms. The van der Waals surface area contributed by atoms with Gasteiger partial charge in [-0.3, -0.25) is 4.89 Å². The van der Waals surface area contributed by atoms with E-state index in [0.717, 1.165) is 0 Å². The predicted molar refractivity (Wildman–Crippen MR) is 136 cm³/mol. The Labute approximate surface area is 196 Å². The molecule has 0 amide bonds. The fourth-order valence-electron chi connectivity index (χ4n) is 4.04. The van der Waals surface area contributed by atoms with Crippen LogP contribution in [0.3, 0.4) is 0 Å². The average Bonchev–Trinajstić information content (AvgIpc) is 2.64. The van der Waals surface area contributed by atoms with Crippen LogP contribution in [0.2, 0.25) is 0 Å². The summed E-state index contributed by atoms with van der Waals surface area (Å²) >= 11 is 0. The van der Waals surface area contributed by atoms with Crippen LogP contribution in [0.15, 0.2) is 42.5 Å². The molecule has 0 spiro atoms. The second kappa shape index (κ2) is 9.79. The van der Waals surface area contributed by atoms with Crippen molar-refractivity contribution in [1.29, 1.82) is 0 Å². The van der Waals surface area contributed by atoms with Crippen LogP contribution in [-0.2, 0) is 26.5 Å². The number of benzene rings is 2. The fourth-order valence-corrected chi connectivity index (χ4v) is 4.04. The van der Waals surface area contributed by atoms with Crippen molar-refractivity contribution >= 4 is 5.97 Å². The molecule has 32 heavy (non-hydrogen) atoms. The van der Waals surface area contributed by atoms with Gasteiger partial charge in [-0.05, 0) is 56.0 Å². The highest BCUT2D eigenvalue weighted by Crippen LogP contribution is 2.45. The van der Waals surface area contributed by atoms with Crippen molar-refractivity contribution in [2.24, 2.45) is 0 Å². The molecule has 0 fully saturated rings. The fraction of sp³-hybridized carbons (Fsp3) is 0.552. The molecule has 2 aromatic carbocycles. The molecule has 0 aliphatic rings. The van der Waals surface area contributed by atoms with E-state index in [1.807, 2.05) is 0 Å². The Kier molecular flexibility index (Phi) is 8.53. The molecule has 0 atom stereocenters. The monoisotopic (exact) mass is 440 g/mol. The summed E-state index contributed by atoms with van der Waals surface area (Å²) < 4.78 is 0. The van der Waals surface area contributed by atoms with Crippen LogP contribution in [0.1, 0.15) is 116 Å². The number of hydrogen-bond acceptors (Lipinski definition) is 3. The topological polar surface area (TPSA) is 46.5 Å². The normalized spacial score (nSPS) is 12.7. The van der Waals surface area contributed by atoms with E-state index < -0.39 is 5.97 Å². The van der Waals surface area contributed by atoms with E-state index in [2.05, 4.69) is 100 Å². The molecule has 1 N–H and O–H groups in total. The maximum Gasteiger partial charge on any atom is 0.372 e. The minimum atomic E-state index is -0.736. The second-order valence-electron chi connectivity index (χ2n) is 12.7. The molecule has 0 heterocycles. The first kappa shape index (κ1) is 27.9. The Bertz CT molecular complexity index is 846. The Hall–Kier alpha value is -2.13. The molecule has 0 saturated carbocycles. The molecular formula is C29H44O3. The van der Waals surface area contributed by atoms with Crippen molar-refractivity contribution in [1.82, 2.24) is 0 Å². The minimum Gasteiger partial charge on any atom is -0.296 e. The SMILES string of the molecule is CC(C)(C)c1ccc(C(C)(C)C)c(C(C)(C)C)c1C(C)(C)C.O=C(OO)c1ccccc1. The molecule has 0 aliphatic heterocycles. The zero-order valence-electron chi connectivity index (χ0n) is 22.3. The molecule has 0 saturated heterocycles. The maximum atomic E-state index is 10.5. The zero-order valence-corrected chi connectivity index (χ0v) is 22.3. The quantitative estimate of drug-likeness (QED) is 0.359. The lowest BCUT2D eigenvalue weighted by Crippen LogP contribution is -2.31. The van der Waals surface area contributed by atoms with Crippen LogP contribution in [0.25, 0.3) is 0 Å². The predicted octanol–water partition coefficient (Wildman–Crippen LogP) is 8.19. The number of carbonyl (C=O) groups is 1. The molecule has 0 aromatic heterocycles. The van der Waals surface area contributed by atoms with Gasteiger partial charge in [-0.25, -0.2) is 4.79 Å². The van der Waals surface area contributed by atoms with Gasteiger partial charge in [0.05, 0.1) is 5.56 Å². The maximum absolute atomic E-state index is 10.5. The highest BCUT2D eigenvalue weighted by atomic mass is 17.1. The summed E-state index contributed by atoms with van der Waals surface area (Å²) in [5, 5.41) is 7.94. The lowest BCUT2D eigenvalue weighted by molar-refractivity contribution is -0.182. The van der Waals surface area contributed by atoms with Crippen LogP contribution < -0.4 is 0 Å². The molecule has 0 unspecified atom stereocenters. The van der Waals surface area contributed by atoms with Gasteiger partial charge in [-0.15, -0.1) is 0 Å². The summed E-state index contributed by atoms with van der Waals surface area (Å²) in [6.45, 7) is 28.2. The smallest absolute Gasteiger partial charge is 0.296 e. The van der Waals surface area contributed by atoms with Crippen molar-refractivity contribution in [3.8, 4) is 0 Å². The zero-order chi connectivity index (χ0) is 25.1. The summed E-state index contributed by atoms with van der Waals surface area (Å²) in [4.78, 5) is 14.0. The Morgan fingerprint density at radius 3 is 1.19 bits per heavy atom. The van der Waals surface area contributed by atoms with Crippen LogP contribution in [0.5, 0.6) is 0 Å². The van der Waals surface area contributed by atoms with Crippen LogP contribution >= 0.6 is 0 Å². The first-order valence-electron chi connectivity index (χ1n) is 11.4. The Morgan fingerprint density at radius 1 is 0.594 bits per heavy atom. The van der Waals surface area contributed by atoms with E-state index in [-0.39, 0.29) is 21.7 Å². The molecule has 0 bridgehead atoms. The average molecular weight is 441 g/mol. The molecule has 0 aliphatic carbocycles. The van der Waals surface area contributed by atoms with E-state index in [1.54, 1.807) is 41.5 Å². The van der Waals surface area contributed by atoms with Gasteiger partial charge < -0.3 is 0 Å².